The molecule has 5 aromatic rings. The van der Waals surface area contributed by atoms with E-state index < -0.39 is 29.4 Å². The Morgan fingerprint density at radius 3 is 2.24 bits per heavy atom. The lowest BCUT2D eigenvalue weighted by Crippen LogP contribution is -2.65. The van der Waals surface area contributed by atoms with Crippen LogP contribution in [0.4, 0.5) is 24.0 Å². The summed E-state index contributed by atoms with van der Waals surface area (Å²) in [5.41, 5.74) is 0.916. The summed E-state index contributed by atoms with van der Waals surface area (Å²) in [6.07, 6.45) is -3.19. The maximum Gasteiger partial charge on any atom is 0.471 e. The molecule has 0 unspecified atom stereocenters. The number of fused-ring (bicyclic) bond motifs is 1. The quantitative estimate of drug-likeness (QED) is 0.134. The number of anilines is 2. The number of para-hydroxylation sites is 2. The highest BCUT2D eigenvalue weighted by atomic mass is 32.1. The summed E-state index contributed by atoms with van der Waals surface area (Å²) >= 11 is 1.50. The number of aryl methyl sites for hydroxylation is 1. The van der Waals surface area contributed by atoms with Crippen LogP contribution < -0.4 is 9.80 Å². The van der Waals surface area contributed by atoms with E-state index in [0.717, 1.165) is 41.8 Å². The van der Waals surface area contributed by atoms with Crippen LogP contribution in [0.5, 0.6) is 0 Å². The molecule has 2 aromatic heterocycles. The second-order valence-electron chi connectivity index (χ2n) is 13.9. The fourth-order valence-corrected chi connectivity index (χ4v) is 8.28. The Bertz CT molecular complexity index is 2050. The first-order valence-electron chi connectivity index (χ1n) is 18.2. The summed E-state index contributed by atoms with van der Waals surface area (Å²) in [6.45, 7) is 3.38. The normalized spacial score (nSPS) is 16.3. The fourth-order valence-electron chi connectivity index (χ4n) is 7.39. The van der Waals surface area contributed by atoms with Gasteiger partial charge in [0.05, 0.1) is 5.69 Å². The Morgan fingerprint density at radius 2 is 1.56 bits per heavy atom. The molecule has 54 heavy (non-hydrogen) atoms. The molecule has 0 N–H and O–H groups in total. The number of hydrogen-bond donors (Lipinski definition) is 0. The Morgan fingerprint density at radius 1 is 0.870 bits per heavy atom. The van der Waals surface area contributed by atoms with Gasteiger partial charge in [-0.1, -0.05) is 73.9 Å². The topological polar surface area (TPSA) is 103 Å². The number of piperazine rings is 1. The molecule has 2 fully saturated rings. The van der Waals surface area contributed by atoms with Crippen molar-refractivity contribution in [3.8, 4) is 11.3 Å². The lowest BCUT2D eigenvalue weighted by atomic mass is 9.78. The van der Waals surface area contributed by atoms with Crippen LogP contribution in [0.1, 0.15) is 54.8 Å². The van der Waals surface area contributed by atoms with Gasteiger partial charge in [-0.3, -0.25) is 24.2 Å². The molecule has 3 amide bonds. The Balaban J connectivity index is 1.24. The minimum absolute atomic E-state index is 0.0636. The van der Waals surface area contributed by atoms with E-state index in [2.05, 4.69) is 21.8 Å². The summed E-state index contributed by atoms with van der Waals surface area (Å²) in [5.74, 6) is -4.29. The number of benzene rings is 3. The minimum atomic E-state index is -5.31. The zero-order valence-electron chi connectivity index (χ0n) is 29.9. The van der Waals surface area contributed by atoms with Gasteiger partial charge < -0.3 is 14.2 Å². The molecule has 1 aliphatic heterocycles. The summed E-state index contributed by atoms with van der Waals surface area (Å²) in [6, 6.07) is 22.3. The molecule has 282 valence electrons. The molecule has 2 aliphatic rings. The van der Waals surface area contributed by atoms with Gasteiger partial charge in [0, 0.05) is 49.4 Å². The van der Waals surface area contributed by atoms with Gasteiger partial charge in [-0.05, 0) is 62.6 Å². The highest BCUT2D eigenvalue weighted by Gasteiger charge is 2.56. The lowest BCUT2D eigenvalue weighted by molar-refractivity contribution is -0.173. The van der Waals surface area contributed by atoms with E-state index in [1.165, 1.54) is 23.5 Å². The molecule has 0 spiro atoms. The van der Waals surface area contributed by atoms with Gasteiger partial charge in [-0.25, -0.2) is 9.97 Å². The van der Waals surface area contributed by atoms with Crippen molar-refractivity contribution < 1.29 is 32.0 Å². The second kappa shape index (κ2) is 15.7. The van der Waals surface area contributed by atoms with E-state index in [-0.39, 0.29) is 31.0 Å². The predicted molar refractivity (Wildman–Crippen MR) is 201 cm³/mol. The number of rotatable bonds is 10. The zero-order chi connectivity index (χ0) is 37.9. The third-order valence-electron chi connectivity index (χ3n) is 10.3. The highest BCUT2D eigenvalue weighted by Crippen LogP contribution is 2.42. The van der Waals surface area contributed by atoms with Gasteiger partial charge in [-0.2, -0.15) is 13.2 Å². The van der Waals surface area contributed by atoms with Crippen LogP contribution in [0.15, 0.2) is 88.7 Å². The molecule has 1 saturated heterocycles. The molecule has 1 aliphatic carbocycles. The number of halogens is 3. The first kappa shape index (κ1) is 37.2. The number of imide groups is 1. The third-order valence-corrected chi connectivity index (χ3v) is 11.2. The number of carbonyl (C=O) groups excluding carboxylic acids is 3. The highest BCUT2D eigenvalue weighted by molar-refractivity contribution is 7.14. The van der Waals surface area contributed by atoms with Crippen molar-refractivity contribution in [2.24, 2.45) is 0 Å². The Labute approximate surface area is 315 Å². The number of carbonyl (C=O) groups is 3. The van der Waals surface area contributed by atoms with Crippen LogP contribution in [0.3, 0.4) is 0 Å². The maximum absolute atomic E-state index is 15.1. The number of thiazole rings is 1. The summed E-state index contributed by atoms with van der Waals surface area (Å²) in [7, 11) is 2.07. The van der Waals surface area contributed by atoms with Crippen LogP contribution in [0.2, 0.25) is 0 Å². The van der Waals surface area contributed by atoms with Gasteiger partial charge in [-0.15, -0.1) is 11.3 Å². The predicted octanol–water partition coefficient (Wildman–Crippen LogP) is 7.60. The van der Waals surface area contributed by atoms with Crippen LogP contribution in [0.25, 0.3) is 22.4 Å². The van der Waals surface area contributed by atoms with E-state index in [4.69, 9.17) is 9.40 Å². The molecule has 0 bridgehead atoms. The average molecular weight is 759 g/mol. The molecule has 0 radical (unpaired) electrons. The molecule has 3 heterocycles. The molecular formula is C40H41F3N6O4S. The molecule has 3 aromatic carbocycles. The molecule has 10 nitrogen and oxygen atoms in total. The van der Waals surface area contributed by atoms with Crippen molar-refractivity contribution >= 4 is 51.0 Å². The Hall–Kier alpha value is -5.08. The van der Waals surface area contributed by atoms with Crippen molar-refractivity contribution in [1.29, 1.82) is 0 Å². The van der Waals surface area contributed by atoms with Crippen molar-refractivity contribution in [3.63, 3.8) is 0 Å². The molecule has 7 rings (SSSR count). The first-order chi connectivity index (χ1) is 26.0. The number of amides is 3. The van der Waals surface area contributed by atoms with Crippen molar-refractivity contribution in [1.82, 2.24) is 19.8 Å². The second-order valence-corrected chi connectivity index (χ2v) is 14.8. The van der Waals surface area contributed by atoms with Crippen molar-refractivity contribution in [3.05, 3.63) is 95.7 Å². The Kier molecular flexibility index (Phi) is 10.8. The van der Waals surface area contributed by atoms with Crippen LogP contribution in [0, 0.1) is 0 Å². The number of oxazole rings is 1. The number of nitrogens with zero attached hydrogens (tertiary/aromatic N) is 6. The van der Waals surface area contributed by atoms with Crippen molar-refractivity contribution in [2.45, 2.75) is 56.7 Å². The van der Waals surface area contributed by atoms with Gasteiger partial charge >= 0.3 is 18.0 Å². The van der Waals surface area contributed by atoms with Gasteiger partial charge in [0.25, 0.3) is 11.8 Å². The fraction of sp³-hybridized carbons (Fsp3) is 0.375. The zero-order valence-corrected chi connectivity index (χ0v) is 30.7. The number of hydrogen-bond acceptors (Lipinski definition) is 9. The van der Waals surface area contributed by atoms with Gasteiger partial charge in [0.15, 0.2) is 10.7 Å². The monoisotopic (exact) mass is 758 g/mol. The summed E-state index contributed by atoms with van der Waals surface area (Å²) in [4.78, 5) is 58.0. The summed E-state index contributed by atoms with van der Waals surface area (Å²) < 4.78 is 49.7. The SMILES string of the molecule is CN1CCN(c2nc(-c3ccc(N(C(=O)C(F)(F)F)C4(C(=O)N(CCCc5ccccc5)C(=O)c5nc6ccccc6o5)CCCCC4)cc3)cs2)CC1. The van der Waals surface area contributed by atoms with E-state index in [9.17, 15) is 22.8 Å². The number of likely N-dealkylation sites (N-methyl/N-ethyl adjacent to an activating group) is 1. The van der Waals surface area contributed by atoms with E-state index in [1.54, 1.807) is 36.4 Å². The molecule has 0 atom stereocenters. The standard InChI is InChI=1S/C40H41F3N6O4S/c1-46-23-25-47(26-24-46)38-45-32(27-54-38)29-16-18-30(19-17-29)49(37(52)40(41,42)43)39(20-8-3-9-21-39)36(51)48(22-10-13-28-11-4-2-5-12-28)35(50)34-44-31-14-6-7-15-33(31)53-34/h2,4-7,11-12,14-19,27H,3,8-10,13,20-26H2,1H3. The van der Waals surface area contributed by atoms with E-state index >= 15 is 4.79 Å². The maximum atomic E-state index is 15.1. The third kappa shape index (κ3) is 7.76. The van der Waals surface area contributed by atoms with Crippen LogP contribution >= 0.6 is 11.3 Å². The largest absolute Gasteiger partial charge is 0.471 e. The van der Waals surface area contributed by atoms with E-state index in [0.29, 0.717) is 59.4 Å². The lowest BCUT2D eigenvalue weighted by Gasteiger charge is -2.46. The smallest absolute Gasteiger partial charge is 0.432 e. The number of aromatic nitrogens is 2. The summed E-state index contributed by atoms with van der Waals surface area (Å²) in [5, 5.41) is 2.76. The van der Waals surface area contributed by atoms with Crippen molar-refractivity contribution in [2.75, 3.05) is 49.6 Å². The van der Waals surface area contributed by atoms with Crippen LogP contribution in [-0.4, -0.2) is 89.0 Å². The molecular weight excluding hydrogens is 718 g/mol. The van der Waals surface area contributed by atoms with Crippen LogP contribution in [-0.2, 0) is 16.0 Å². The molecule has 14 heteroatoms. The number of alkyl halides is 3. The van der Waals surface area contributed by atoms with E-state index in [1.807, 2.05) is 35.7 Å². The first-order valence-corrected chi connectivity index (χ1v) is 19.1. The van der Waals surface area contributed by atoms with Gasteiger partial charge in [0.2, 0.25) is 0 Å². The average Bonchev–Trinajstić information content (AvgIpc) is 3.86. The molecule has 1 saturated carbocycles. The minimum Gasteiger partial charge on any atom is -0.432 e. The van der Waals surface area contributed by atoms with Gasteiger partial charge in [0.1, 0.15) is 11.1 Å².